The first-order valence-corrected chi connectivity index (χ1v) is 9.81. The maximum absolute atomic E-state index is 10.8. The molecule has 1 heteroatoms. The van der Waals surface area contributed by atoms with E-state index in [1.165, 1.54) is 77.0 Å². The fourth-order valence-electron chi connectivity index (χ4n) is 3.97. The number of hydrogen-bond donors (Lipinski definition) is 1. The molecular formula is C20H40O. The van der Waals surface area contributed by atoms with E-state index in [2.05, 4.69) is 20.8 Å². The molecule has 0 radical (unpaired) electrons. The summed E-state index contributed by atoms with van der Waals surface area (Å²) >= 11 is 0. The summed E-state index contributed by atoms with van der Waals surface area (Å²) in [6.07, 6.45) is 18.3. The number of aliphatic hydroxyl groups is 1. The Labute approximate surface area is 133 Å². The van der Waals surface area contributed by atoms with E-state index in [0.717, 1.165) is 18.8 Å². The van der Waals surface area contributed by atoms with Gasteiger partial charge in [0.2, 0.25) is 0 Å². The lowest BCUT2D eigenvalue weighted by Crippen LogP contribution is -2.41. The van der Waals surface area contributed by atoms with Gasteiger partial charge >= 0.3 is 0 Å². The molecule has 1 fully saturated rings. The lowest BCUT2D eigenvalue weighted by molar-refractivity contribution is -0.0607. The van der Waals surface area contributed by atoms with Crippen molar-refractivity contribution in [1.29, 1.82) is 0 Å². The van der Waals surface area contributed by atoms with Gasteiger partial charge in [0.25, 0.3) is 0 Å². The Hall–Kier alpha value is -0.0400. The molecule has 0 spiro atoms. The highest BCUT2D eigenvalue weighted by Gasteiger charge is 2.37. The Balaban J connectivity index is 1.96. The third-order valence-corrected chi connectivity index (χ3v) is 5.71. The van der Waals surface area contributed by atoms with Gasteiger partial charge in [0, 0.05) is 0 Å². The fraction of sp³-hybridized carbons (Fsp3) is 1.00. The highest BCUT2D eigenvalue weighted by Crippen LogP contribution is 2.39. The minimum absolute atomic E-state index is 0.341. The van der Waals surface area contributed by atoms with Crippen molar-refractivity contribution < 1.29 is 5.11 Å². The number of hydrogen-bond acceptors (Lipinski definition) is 1. The summed E-state index contributed by atoms with van der Waals surface area (Å²) in [5, 5.41) is 10.8. The molecule has 0 saturated heterocycles. The maximum atomic E-state index is 10.8. The van der Waals surface area contributed by atoms with Crippen LogP contribution in [0.2, 0.25) is 0 Å². The summed E-state index contributed by atoms with van der Waals surface area (Å²) in [6, 6.07) is 0. The van der Waals surface area contributed by atoms with Gasteiger partial charge in [-0.25, -0.2) is 0 Å². The highest BCUT2D eigenvalue weighted by atomic mass is 16.3. The van der Waals surface area contributed by atoms with E-state index in [0.29, 0.717) is 5.92 Å². The molecule has 1 aliphatic rings. The quantitative estimate of drug-likeness (QED) is 0.432. The van der Waals surface area contributed by atoms with E-state index < -0.39 is 0 Å². The van der Waals surface area contributed by atoms with Crippen LogP contribution in [0.5, 0.6) is 0 Å². The van der Waals surface area contributed by atoms with Gasteiger partial charge in [-0.3, -0.25) is 0 Å². The predicted molar refractivity (Wildman–Crippen MR) is 93.6 cm³/mol. The van der Waals surface area contributed by atoms with Crippen molar-refractivity contribution in [3.05, 3.63) is 0 Å². The van der Waals surface area contributed by atoms with Crippen LogP contribution in [0.3, 0.4) is 0 Å². The van der Waals surface area contributed by atoms with E-state index in [1.54, 1.807) is 0 Å². The Morgan fingerprint density at radius 3 is 1.90 bits per heavy atom. The van der Waals surface area contributed by atoms with Crippen LogP contribution in [0.4, 0.5) is 0 Å². The van der Waals surface area contributed by atoms with Crippen LogP contribution in [0.25, 0.3) is 0 Å². The molecular weight excluding hydrogens is 256 g/mol. The summed E-state index contributed by atoms with van der Waals surface area (Å²) < 4.78 is 0. The van der Waals surface area contributed by atoms with Crippen molar-refractivity contribution in [2.24, 2.45) is 11.8 Å². The summed E-state index contributed by atoms with van der Waals surface area (Å²) in [4.78, 5) is 0. The minimum Gasteiger partial charge on any atom is -0.390 e. The monoisotopic (exact) mass is 296 g/mol. The standard InChI is InChI=1S/C20H40O/c1-4-5-6-7-8-9-10-11-12-13-15-20(21)16-14-18(2)17-19(20)3/h18-19,21H,4-17H2,1-3H3. The molecule has 0 aromatic carbocycles. The first-order valence-electron chi connectivity index (χ1n) is 9.81. The molecule has 3 atom stereocenters. The van der Waals surface area contributed by atoms with Gasteiger partial charge in [0.1, 0.15) is 0 Å². The van der Waals surface area contributed by atoms with Gasteiger partial charge < -0.3 is 5.11 Å². The number of rotatable bonds is 11. The SMILES string of the molecule is CCCCCCCCCCCCC1(O)CCC(C)CC1C. The lowest BCUT2D eigenvalue weighted by Gasteiger charge is -2.41. The van der Waals surface area contributed by atoms with Crippen LogP contribution in [0, 0.1) is 11.8 Å². The van der Waals surface area contributed by atoms with Crippen molar-refractivity contribution in [2.75, 3.05) is 0 Å². The van der Waals surface area contributed by atoms with Gasteiger partial charge in [0.15, 0.2) is 0 Å². The van der Waals surface area contributed by atoms with E-state index in [4.69, 9.17) is 0 Å². The molecule has 21 heavy (non-hydrogen) atoms. The third kappa shape index (κ3) is 7.68. The minimum atomic E-state index is -0.341. The van der Waals surface area contributed by atoms with Crippen molar-refractivity contribution in [2.45, 2.75) is 116 Å². The van der Waals surface area contributed by atoms with Crippen LogP contribution < -0.4 is 0 Å². The second-order valence-corrected chi connectivity index (χ2v) is 7.82. The molecule has 1 aliphatic carbocycles. The molecule has 126 valence electrons. The fourth-order valence-corrected chi connectivity index (χ4v) is 3.97. The molecule has 1 saturated carbocycles. The molecule has 0 aromatic heterocycles. The average Bonchev–Trinajstić information content (AvgIpc) is 2.46. The van der Waals surface area contributed by atoms with Gasteiger partial charge in [-0.1, -0.05) is 85.0 Å². The van der Waals surface area contributed by atoms with Crippen LogP contribution in [0.1, 0.15) is 111 Å². The van der Waals surface area contributed by atoms with Gasteiger partial charge in [0.05, 0.1) is 5.60 Å². The zero-order chi connectivity index (χ0) is 15.6. The third-order valence-electron chi connectivity index (χ3n) is 5.71. The molecule has 1 N–H and O–H groups in total. The summed E-state index contributed by atoms with van der Waals surface area (Å²) in [7, 11) is 0. The normalized spacial score (nSPS) is 29.7. The molecule has 0 aromatic rings. The zero-order valence-corrected chi connectivity index (χ0v) is 15.0. The second kappa shape index (κ2) is 10.6. The maximum Gasteiger partial charge on any atom is 0.0673 e. The highest BCUT2D eigenvalue weighted by molar-refractivity contribution is 4.89. The summed E-state index contributed by atoms with van der Waals surface area (Å²) in [5.41, 5.74) is -0.341. The summed E-state index contributed by atoms with van der Waals surface area (Å²) in [5.74, 6) is 1.31. The zero-order valence-electron chi connectivity index (χ0n) is 15.0. The van der Waals surface area contributed by atoms with Gasteiger partial charge in [-0.15, -0.1) is 0 Å². The molecule has 0 heterocycles. The Morgan fingerprint density at radius 1 is 0.857 bits per heavy atom. The van der Waals surface area contributed by atoms with Crippen molar-refractivity contribution in [1.82, 2.24) is 0 Å². The predicted octanol–water partition coefficient (Wildman–Crippen LogP) is 6.48. The largest absolute Gasteiger partial charge is 0.390 e. The molecule has 1 nitrogen and oxygen atoms in total. The molecule has 0 bridgehead atoms. The van der Waals surface area contributed by atoms with Crippen molar-refractivity contribution >= 4 is 0 Å². The van der Waals surface area contributed by atoms with Gasteiger partial charge in [-0.2, -0.15) is 0 Å². The number of unbranched alkanes of at least 4 members (excludes halogenated alkanes) is 9. The van der Waals surface area contributed by atoms with Crippen LogP contribution in [-0.4, -0.2) is 10.7 Å². The smallest absolute Gasteiger partial charge is 0.0673 e. The lowest BCUT2D eigenvalue weighted by atomic mass is 9.70. The van der Waals surface area contributed by atoms with E-state index in [1.807, 2.05) is 0 Å². The first-order chi connectivity index (χ1) is 10.1. The van der Waals surface area contributed by atoms with E-state index in [-0.39, 0.29) is 5.60 Å². The van der Waals surface area contributed by atoms with E-state index >= 15 is 0 Å². The molecule has 0 amide bonds. The van der Waals surface area contributed by atoms with Crippen LogP contribution in [0.15, 0.2) is 0 Å². The molecule has 3 unspecified atom stereocenters. The van der Waals surface area contributed by atoms with E-state index in [9.17, 15) is 5.11 Å². The average molecular weight is 297 g/mol. The van der Waals surface area contributed by atoms with Gasteiger partial charge in [-0.05, 0) is 37.5 Å². The molecule has 0 aliphatic heterocycles. The van der Waals surface area contributed by atoms with Crippen LogP contribution >= 0.6 is 0 Å². The Morgan fingerprint density at radius 2 is 1.38 bits per heavy atom. The Kier molecular flexibility index (Phi) is 9.64. The Bertz CT molecular complexity index is 250. The topological polar surface area (TPSA) is 20.2 Å². The molecule has 1 rings (SSSR count). The second-order valence-electron chi connectivity index (χ2n) is 7.82. The summed E-state index contributed by atoms with van der Waals surface area (Å²) in [6.45, 7) is 6.87. The van der Waals surface area contributed by atoms with Crippen molar-refractivity contribution in [3.63, 3.8) is 0 Å². The van der Waals surface area contributed by atoms with Crippen molar-refractivity contribution in [3.8, 4) is 0 Å². The first kappa shape index (κ1) is 19.0. The van der Waals surface area contributed by atoms with Crippen LogP contribution in [-0.2, 0) is 0 Å².